The molecular weight excluding hydrogens is 428 g/mol. The number of rotatable bonds is 6. The van der Waals surface area contributed by atoms with Crippen LogP contribution in [0.15, 0.2) is 60.9 Å². The highest BCUT2D eigenvalue weighted by atomic mass is 16.3. The van der Waals surface area contributed by atoms with Crippen molar-refractivity contribution < 1.29 is 9.90 Å². The molecule has 2 atom stereocenters. The van der Waals surface area contributed by atoms with Crippen molar-refractivity contribution in [3.05, 3.63) is 77.7 Å². The van der Waals surface area contributed by atoms with Crippen LogP contribution in [0.1, 0.15) is 40.9 Å². The summed E-state index contributed by atoms with van der Waals surface area (Å²) in [6, 6.07) is 15.8. The van der Waals surface area contributed by atoms with Gasteiger partial charge in [0.15, 0.2) is 0 Å². The molecular formula is C26H28N6O2. The fraction of sp³-hybridized carbons (Fsp3) is 0.308. The second kappa shape index (κ2) is 9.23. The summed E-state index contributed by atoms with van der Waals surface area (Å²) < 4.78 is 3.51. The summed E-state index contributed by atoms with van der Waals surface area (Å²) in [7, 11) is 3.76. The van der Waals surface area contributed by atoms with E-state index in [1.165, 1.54) is 0 Å². The molecule has 1 aromatic carbocycles. The van der Waals surface area contributed by atoms with Crippen LogP contribution in [0, 0.1) is 0 Å². The molecule has 1 aliphatic rings. The maximum absolute atomic E-state index is 13.0. The summed E-state index contributed by atoms with van der Waals surface area (Å²) in [6.07, 6.45) is 6.34. The quantitative estimate of drug-likeness (QED) is 0.465. The second-order valence-electron chi connectivity index (χ2n) is 8.95. The van der Waals surface area contributed by atoms with Gasteiger partial charge in [-0.1, -0.05) is 24.3 Å². The molecule has 34 heavy (non-hydrogen) atoms. The lowest BCUT2D eigenvalue weighted by molar-refractivity contribution is 0.0868. The summed E-state index contributed by atoms with van der Waals surface area (Å²) in [5, 5.41) is 22.0. The Morgan fingerprint density at radius 2 is 1.65 bits per heavy atom. The molecule has 1 fully saturated rings. The lowest BCUT2D eigenvalue weighted by Gasteiger charge is -2.16. The van der Waals surface area contributed by atoms with Crippen LogP contribution in [0.25, 0.3) is 22.6 Å². The maximum atomic E-state index is 13.0. The lowest BCUT2D eigenvalue weighted by atomic mass is 10.0. The molecule has 3 heterocycles. The third-order valence-electron chi connectivity index (χ3n) is 6.26. The van der Waals surface area contributed by atoms with Gasteiger partial charge >= 0.3 is 0 Å². The number of aliphatic hydroxyl groups excluding tert-OH is 1. The van der Waals surface area contributed by atoms with Gasteiger partial charge in [0.2, 0.25) is 0 Å². The van der Waals surface area contributed by atoms with Crippen molar-refractivity contribution in [3.63, 3.8) is 0 Å². The van der Waals surface area contributed by atoms with Gasteiger partial charge in [-0.05, 0) is 61.1 Å². The molecule has 8 nitrogen and oxygen atoms in total. The Labute approximate surface area is 198 Å². The first-order valence-corrected chi connectivity index (χ1v) is 11.5. The number of benzene rings is 1. The number of nitrogens with zero attached hydrogens (tertiary/aromatic N) is 5. The number of pyridine rings is 1. The number of aryl methyl sites for hydroxylation is 2. The van der Waals surface area contributed by atoms with Crippen LogP contribution in [0.5, 0.6) is 0 Å². The Hall–Kier alpha value is -3.78. The molecule has 3 aromatic heterocycles. The van der Waals surface area contributed by atoms with Crippen molar-refractivity contribution in [1.29, 1.82) is 0 Å². The van der Waals surface area contributed by atoms with Crippen LogP contribution in [0.4, 0.5) is 0 Å². The van der Waals surface area contributed by atoms with Crippen molar-refractivity contribution in [2.45, 2.75) is 37.8 Å². The Balaban J connectivity index is 1.42. The number of carbonyl (C=O) groups is 1. The van der Waals surface area contributed by atoms with E-state index >= 15 is 0 Å². The van der Waals surface area contributed by atoms with Crippen LogP contribution in [0.2, 0.25) is 0 Å². The molecule has 174 valence electrons. The van der Waals surface area contributed by atoms with Gasteiger partial charge in [-0.3, -0.25) is 14.2 Å². The van der Waals surface area contributed by atoms with Gasteiger partial charge in [0.25, 0.3) is 5.91 Å². The summed E-state index contributed by atoms with van der Waals surface area (Å²) in [6.45, 7) is 0. The fourth-order valence-corrected chi connectivity index (χ4v) is 4.44. The highest BCUT2D eigenvalue weighted by Gasteiger charge is 2.27. The van der Waals surface area contributed by atoms with E-state index in [2.05, 4.69) is 44.8 Å². The minimum Gasteiger partial charge on any atom is -0.391 e. The Bertz CT molecular complexity index is 1310. The zero-order valence-electron chi connectivity index (χ0n) is 19.3. The topological polar surface area (TPSA) is 97.9 Å². The van der Waals surface area contributed by atoms with Crippen LogP contribution >= 0.6 is 0 Å². The van der Waals surface area contributed by atoms with E-state index in [0.717, 1.165) is 35.2 Å². The van der Waals surface area contributed by atoms with Crippen molar-refractivity contribution in [2.75, 3.05) is 0 Å². The highest BCUT2D eigenvalue weighted by molar-refractivity contribution is 5.93. The largest absolute Gasteiger partial charge is 0.391 e. The highest BCUT2D eigenvalue weighted by Crippen LogP contribution is 2.23. The van der Waals surface area contributed by atoms with Crippen molar-refractivity contribution >= 4 is 5.91 Å². The Kier molecular flexibility index (Phi) is 5.98. The Morgan fingerprint density at radius 1 is 0.941 bits per heavy atom. The fourth-order valence-electron chi connectivity index (χ4n) is 4.44. The van der Waals surface area contributed by atoms with Gasteiger partial charge in [0, 0.05) is 32.1 Å². The first-order valence-electron chi connectivity index (χ1n) is 11.5. The molecule has 8 heteroatoms. The Morgan fingerprint density at radius 3 is 2.26 bits per heavy atom. The standard InChI is InChI=1S/C26H28N6O2/c1-31-12-10-20(29-31)19-8-6-17(7-9-19)14-18-15-23(21-11-13-32(2)30-21)27-24(16-18)26(34)28-22-4-3-5-25(22)33/h6-13,15-16,22,25,33H,3-5,14H2,1-2H3,(H,28,34)/t22-,25-/m0/s1. The summed E-state index contributed by atoms with van der Waals surface area (Å²) >= 11 is 0. The minimum atomic E-state index is -0.500. The van der Waals surface area contributed by atoms with Gasteiger partial charge in [-0.2, -0.15) is 10.2 Å². The number of amides is 1. The number of hydrogen-bond acceptors (Lipinski definition) is 5. The molecule has 4 aromatic rings. The van der Waals surface area contributed by atoms with Crippen LogP contribution in [-0.2, 0) is 20.5 Å². The molecule has 0 radical (unpaired) electrons. The van der Waals surface area contributed by atoms with Gasteiger partial charge in [-0.15, -0.1) is 0 Å². The molecule has 1 amide bonds. The number of hydrogen-bond donors (Lipinski definition) is 2. The van der Waals surface area contributed by atoms with Gasteiger partial charge in [0.05, 0.1) is 23.5 Å². The third-order valence-corrected chi connectivity index (χ3v) is 6.26. The second-order valence-corrected chi connectivity index (χ2v) is 8.95. The zero-order valence-corrected chi connectivity index (χ0v) is 19.3. The van der Waals surface area contributed by atoms with Crippen molar-refractivity contribution in [3.8, 4) is 22.6 Å². The minimum absolute atomic E-state index is 0.226. The normalized spacial score (nSPS) is 17.7. The molecule has 0 bridgehead atoms. The van der Waals surface area contributed by atoms with E-state index in [9.17, 15) is 9.90 Å². The molecule has 1 saturated carbocycles. The van der Waals surface area contributed by atoms with Crippen LogP contribution < -0.4 is 5.32 Å². The predicted octanol–water partition coefficient (Wildman–Crippen LogP) is 3.12. The van der Waals surface area contributed by atoms with Gasteiger partial charge in [-0.25, -0.2) is 4.98 Å². The average Bonchev–Trinajstić information content (AvgIpc) is 3.56. The number of carbonyl (C=O) groups excluding carboxylic acids is 1. The summed E-state index contributed by atoms with van der Waals surface area (Å²) in [5.41, 5.74) is 5.79. The summed E-state index contributed by atoms with van der Waals surface area (Å²) in [4.78, 5) is 17.6. The first kappa shape index (κ1) is 22.0. The monoisotopic (exact) mass is 456 g/mol. The SMILES string of the molecule is Cn1ccc(-c2ccc(Cc3cc(C(=O)N[C@H]4CCC[C@@H]4O)nc(-c4ccn(C)n4)c3)cc2)n1. The van der Waals surface area contributed by atoms with E-state index in [1.54, 1.807) is 9.36 Å². The average molecular weight is 457 g/mol. The van der Waals surface area contributed by atoms with E-state index in [1.807, 2.05) is 50.8 Å². The van der Waals surface area contributed by atoms with E-state index in [-0.39, 0.29) is 11.9 Å². The molecule has 0 aliphatic heterocycles. The predicted molar refractivity (Wildman–Crippen MR) is 129 cm³/mol. The number of nitrogens with one attached hydrogen (secondary N) is 1. The van der Waals surface area contributed by atoms with E-state index in [0.29, 0.717) is 29.9 Å². The molecule has 0 spiro atoms. The lowest BCUT2D eigenvalue weighted by Crippen LogP contribution is -2.40. The van der Waals surface area contributed by atoms with Gasteiger partial charge < -0.3 is 10.4 Å². The molecule has 5 rings (SSSR count). The number of aliphatic hydroxyl groups is 1. The van der Waals surface area contributed by atoms with E-state index in [4.69, 9.17) is 0 Å². The summed E-state index contributed by atoms with van der Waals surface area (Å²) in [5.74, 6) is -0.268. The van der Waals surface area contributed by atoms with Crippen molar-refractivity contribution in [1.82, 2.24) is 29.9 Å². The third kappa shape index (κ3) is 4.77. The van der Waals surface area contributed by atoms with Crippen LogP contribution in [0.3, 0.4) is 0 Å². The molecule has 1 aliphatic carbocycles. The molecule has 2 N–H and O–H groups in total. The van der Waals surface area contributed by atoms with E-state index < -0.39 is 6.10 Å². The van der Waals surface area contributed by atoms with Crippen LogP contribution in [-0.4, -0.2) is 47.7 Å². The number of aromatic nitrogens is 5. The smallest absolute Gasteiger partial charge is 0.270 e. The van der Waals surface area contributed by atoms with Crippen molar-refractivity contribution in [2.24, 2.45) is 14.1 Å². The zero-order chi connectivity index (χ0) is 23.7. The maximum Gasteiger partial charge on any atom is 0.270 e. The molecule has 0 unspecified atom stereocenters. The van der Waals surface area contributed by atoms with Gasteiger partial charge in [0.1, 0.15) is 11.4 Å². The molecule has 0 saturated heterocycles. The first-order chi connectivity index (χ1) is 16.4.